The van der Waals surface area contributed by atoms with E-state index in [1.807, 2.05) is 7.05 Å². The quantitative estimate of drug-likeness (QED) is 0.631. The van der Waals surface area contributed by atoms with Crippen molar-refractivity contribution >= 4 is 5.91 Å². The molecule has 1 amide bonds. The van der Waals surface area contributed by atoms with E-state index in [0.29, 0.717) is 12.0 Å². The number of carbonyl (C=O) groups excluding carboxylic acids is 1. The molecule has 3 nitrogen and oxygen atoms in total. The van der Waals surface area contributed by atoms with Gasteiger partial charge in [0.2, 0.25) is 5.91 Å². The maximum atomic E-state index is 11.2. The number of amides is 1. The summed E-state index contributed by atoms with van der Waals surface area (Å²) in [6.07, 6.45) is 3.22. The first-order chi connectivity index (χ1) is 5.72. The monoisotopic (exact) mass is 170 g/mol. The Kier molecular flexibility index (Phi) is 3.53. The van der Waals surface area contributed by atoms with E-state index in [1.54, 1.807) is 0 Å². The molecule has 1 fully saturated rings. The molecule has 1 aliphatic carbocycles. The first-order valence-corrected chi connectivity index (χ1v) is 4.66. The third kappa shape index (κ3) is 3.72. The highest BCUT2D eigenvalue weighted by Crippen LogP contribution is 2.31. The van der Waals surface area contributed by atoms with Crippen molar-refractivity contribution in [3.8, 4) is 0 Å². The third-order valence-corrected chi connectivity index (χ3v) is 2.27. The van der Waals surface area contributed by atoms with Gasteiger partial charge in [-0.2, -0.15) is 0 Å². The first kappa shape index (κ1) is 9.52. The number of rotatable bonds is 5. The van der Waals surface area contributed by atoms with Crippen LogP contribution in [0.3, 0.4) is 0 Å². The van der Waals surface area contributed by atoms with Gasteiger partial charge in [-0.3, -0.25) is 4.79 Å². The van der Waals surface area contributed by atoms with Crippen LogP contribution in [0.4, 0.5) is 0 Å². The van der Waals surface area contributed by atoms with Crippen LogP contribution < -0.4 is 10.6 Å². The fourth-order valence-corrected chi connectivity index (χ4v) is 1.03. The molecule has 0 radical (unpaired) electrons. The molecule has 0 spiro atoms. The number of nitrogens with one attached hydrogen (secondary N) is 2. The van der Waals surface area contributed by atoms with Gasteiger partial charge in [0.25, 0.3) is 0 Å². The standard InChI is InChI=1S/C9H18N2O/c1-7(10-2)6-11-9(12)5-8-3-4-8/h7-8,10H,3-6H2,1-2H3,(H,11,12). The van der Waals surface area contributed by atoms with Gasteiger partial charge in [-0.15, -0.1) is 0 Å². The van der Waals surface area contributed by atoms with Crippen molar-refractivity contribution in [2.45, 2.75) is 32.2 Å². The Morgan fingerprint density at radius 3 is 2.75 bits per heavy atom. The minimum absolute atomic E-state index is 0.208. The lowest BCUT2D eigenvalue weighted by Crippen LogP contribution is -2.37. The molecule has 0 bridgehead atoms. The van der Waals surface area contributed by atoms with Crippen LogP contribution in [0.1, 0.15) is 26.2 Å². The Morgan fingerprint density at radius 2 is 2.25 bits per heavy atom. The molecule has 2 N–H and O–H groups in total. The van der Waals surface area contributed by atoms with Crippen LogP contribution in [0, 0.1) is 5.92 Å². The van der Waals surface area contributed by atoms with Crippen molar-refractivity contribution in [3.63, 3.8) is 0 Å². The van der Waals surface area contributed by atoms with E-state index in [9.17, 15) is 4.79 Å². The van der Waals surface area contributed by atoms with E-state index in [-0.39, 0.29) is 5.91 Å². The molecule has 0 heterocycles. The lowest BCUT2D eigenvalue weighted by Gasteiger charge is -2.10. The summed E-state index contributed by atoms with van der Waals surface area (Å²) in [5.41, 5.74) is 0. The molecule has 0 aromatic heterocycles. The summed E-state index contributed by atoms with van der Waals surface area (Å²) in [7, 11) is 1.90. The molecular formula is C9H18N2O. The third-order valence-electron chi connectivity index (χ3n) is 2.27. The molecule has 0 aliphatic heterocycles. The zero-order chi connectivity index (χ0) is 8.97. The maximum Gasteiger partial charge on any atom is 0.220 e. The fourth-order valence-electron chi connectivity index (χ4n) is 1.03. The number of hydrogen-bond acceptors (Lipinski definition) is 2. The van der Waals surface area contributed by atoms with Crippen LogP contribution in [0.5, 0.6) is 0 Å². The van der Waals surface area contributed by atoms with Crippen LogP contribution in [-0.4, -0.2) is 25.5 Å². The van der Waals surface area contributed by atoms with Gasteiger partial charge in [0.15, 0.2) is 0 Å². The highest BCUT2D eigenvalue weighted by atomic mass is 16.1. The van der Waals surface area contributed by atoms with E-state index in [2.05, 4.69) is 17.6 Å². The number of carbonyl (C=O) groups is 1. The fraction of sp³-hybridized carbons (Fsp3) is 0.889. The second-order valence-electron chi connectivity index (χ2n) is 3.64. The van der Waals surface area contributed by atoms with Crippen molar-refractivity contribution < 1.29 is 4.79 Å². The Labute approximate surface area is 73.9 Å². The zero-order valence-corrected chi connectivity index (χ0v) is 7.89. The van der Waals surface area contributed by atoms with Crippen LogP contribution in [0.2, 0.25) is 0 Å². The van der Waals surface area contributed by atoms with Gasteiger partial charge in [-0.1, -0.05) is 0 Å². The Bertz CT molecular complexity index is 155. The second kappa shape index (κ2) is 4.45. The highest BCUT2D eigenvalue weighted by molar-refractivity contribution is 5.76. The lowest BCUT2D eigenvalue weighted by atomic mass is 10.2. The summed E-state index contributed by atoms with van der Waals surface area (Å²) in [6, 6.07) is 0.369. The van der Waals surface area contributed by atoms with Crippen molar-refractivity contribution in [1.82, 2.24) is 10.6 Å². The van der Waals surface area contributed by atoms with Crippen molar-refractivity contribution in [1.29, 1.82) is 0 Å². The normalized spacial score (nSPS) is 18.8. The summed E-state index contributed by atoms with van der Waals surface area (Å²) in [5, 5.41) is 5.98. The van der Waals surface area contributed by atoms with E-state index in [1.165, 1.54) is 12.8 Å². The maximum absolute atomic E-state index is 11.2. The minimum Gasteiger partial charge on any atom is -0.355 e. The summed E-state index contributed by atoms with van der Waals surface area (Å²) in [6.45, 7) is 2.79. The average Bonchev–Trinajstić information content (AvgIpc) is 2.84. The molecule has 1 unspecified atom stereocenters. The molecule has 1 saturated carbocycles. The summed E-state index contributed by atoms with van der Waals surface area (Å²) < 4.78 is 0. The molecule has 3 heteroatoms. The van der Waals surface area contributed by atoms with Crippen LogP contribution in [-0.2, 0) is 4.79 Å². The lowest BCUT2D eigenvalue weighted by molar-refractivity contribution is -0.121. The Hall–Kier alpha value is -0.570. The van der Waals surface area contributed by atoms with Crippen LogP contribution in [0.15, 0.2) is 0 Å². The predicted molar refractivity (Wildman–Crippen MR) is 48.9 cm³/mol. The molecule has 0 saturated heterocycles. The largest absolute Gasteiger partial charge is 0.355 e. The van der Waals surface area contributed by atoms with Gasteiger partial charge in [0.05, 0.1) is 0 Å². The van der Waals surface area contributed by atoms with Crippen molar-refractivity contribution in [2.75, 3.05) is 13.6 Å². The Balaban J connectivity index is 2.00. The topological polar surface area (TPSA) is 41.1 Å². The van der Waals surface area contributed by atoms with Gasteiger partial charge < -0.3 is 10.6 Å². The van der Waals surface area contributed by atoms with Gasteiger partial charge in [0, 0.05) is 19.0 Å². The van der Waals surface area contributed by atoms with Crippen LogP contribution >= 0.6 is 0 Å². The molecule has 70 valence electrons. The second-order valence-corrected chi connectivity index (χ2v) is 3.64. The smallest absolute Gasteiger partial charge is 0.220 e. The molecule has 1 atom stereocenters. The SMILES string of the molecule is CNC(C)CNC(=O)CC1CC1. The van der Waals surface area contributed by atoms with E-state index >= 15 is 0 Å². The van der Waals surface area contributed by atoms with E-state index in [4.69, 9.17) is 0 Å². The zero-order valence-electron chi connectivity index (χ0n) is 7.89. The molecule has 1 rings (SSSR count). The molecular weight excluding hydrogens is 152 g/mol. The molecule has 12 heavy (non-hydrogen) atoms. The van der Waals surface area contributed by atoms with Crippen molar-refractivity contribution in [2.24, 2.45) is 5.92 Å². The number of hydrogen-bond donors (Lipinski definition) is 2. The molecule has 1 aliphatic rings. The molecule has 0 aromatic rings. The Morgan fingerprint density at radius 1 is 1.58 bits per heavy atom. The van der Waals surface area contributed by atoms with E-state index in [0.717, 1.165) is 13.0 Å². The predicted octanol–water partition coefficient (Wildman–Crippen LogP) is 0.511. The first-order valence-electron chi connectivity index (χ1n) is 4.66. The van der Waals surface area contributed by atoms with Crippen LogP contribution in [0.25, 0.3) is 0 Å². The summed E-state index contributed by atoms with van der Waals surface area (Å²) in [5.74, 6) is 0.898. The van der Waals surface area contributed by atoms with Gasteiger partial charge in [-0.25, -0.2) is 0 Å². The average molecular weight is 170 g/mol. The molecule has 0 aromatic carbocycles. The van der Waals surface area contributed by atoms with Gasteiger partial charge in [-0.05, 0) is 32.7 Å². The van der Waals surface area contributed by atoms with Crippen molar-refractivity contribution in [3.05, 3.63) is 0 Å². The minimum atomic E-state index is 0.208. The summed E-state index contributed by atoms with van der Waals surface area (Å²) in [4.78, 5) is 11.2. The van der Waals surface area contributed by atoms with E-state index < -0.39 is 0 Å². The van der Waals surface area contributed by atoms with Gasteiger partial charge >= 0.3 is 0 Å². The van der Waals surface area contributed by atoms with Gasteiger partial charge in [0.1, 0.15) is 0 Å². The summed E-state index contributed by atoms with van der Waals surface area (Å²) >= 11 is 0. The highest BCUT2D eigenvalue weighted by Gasteiger charge is 2.24. The number of likely N-dealkylation sites (N-methyl/N-ethyl adjacent to an activating group) is 1.